The summed E-state index contributed by atoms with van der Waals surface area (Å²) in [5, 5.41) is 23.3. The van der Waals surface area contributed by atoms with Crippen LogP contribution in [0.3, 0.4) is 0 Å². The number of nitrogens with zero attached hydrogens (tertiary/aromatic N) is 4. The lowest BCUT2D eigenvalue weighted by Gasteiger charge is -2.18. The van der Waals surface area contributed by atoms with Crippen LogP contribution in [0.4, 0.5) is 5.82 Å². The molecule has 8 heteroatoms. The number of imidazole rings is 1. The predicted molar refractivity (Wildman–Crippen MR) is 114 cm³/mol. The largest absolute Gasteiger partial charge is 0.394 e. The molecule has 31 heavy (non-hydrogen) atoms. The van der Waals surface area contributed by atoms with Gasteiger partial charge >= 0.3 is 0 Å². The van der Waals surface area contributed by atoms with Crippen molar-refractivity contribution >= 4 is 17.0 Å². The molecule has 0 saturated carbocycles. The van der Waals surface area contributed by atoms with Crippen LogP contribution in [0.1, 0.15) is 29.8 Å². The van der Waals surface area contributed by atoms with E-state index in [0.717, 1.165) is 0 Å². The van der Waals surface area contributed by atoms with Gasteiger partial charge in [-0.2, -0.15) is 0 Å². The fourth-order valence-electron chi connectivity index (χ4n) is 4.69. The normalized spacial score (nSPS) is 22.6. The van der Waals surface area contributed by atoms with Crippen LogP contribution in [0.2, 0.25) is 0 Å². The van der Waals surface area contributed by atoms with E-state index in [4.69, 9.17) is 4.74 Å². The summed E-state index contributed by atoms with van der Waals surface area (Å²) in [7, 11) is 0. The number of aliphatic hydroxyl groups excluding tert-OH is 2. The maximum Gasteiger partial charge on any atom is 0.167 e. The van der Waals surface area contributed by atoms with Crippen LogP contribution in [0.15, 0.2) is 61.2 Å². The molecule has 0 radical (unpaired) electrons. The standard InChI is InChI=1S/C23H21N5O3/c29-10-13-9-18(30)23(31-13)28-12-26-20-21(24-11-25-22(20)28)27-19-16-7-3-1-5-14(16)15-6-2-4-8-17(15)19/h1-8,11-13,18-19,23,29-30H,9-10H2,(H,24,25,27)/t13-,18?,23+/m0/s1. The third-order valence-electron chi connectivity index (χ3n) is 6.12. The van der Waals surface area contributed by atoms with Crippen molar-refractivity contribution in [3.05, 3.63) is 72.3 Å². The summed E-state index contributed by atoms with van der Waals surface area (Å²) in [6.07, 6.45) is 1.68. The Morgan fingerprint density at radius 3 is 2.39 bits per heavy atom. The van der Waals surface area contributed by atoms with E-state index in [9.17, 15) is 10.2 Å². The van der Waals surface area contributed by atoms with Gasteiger partial charge in [0.05, 0.1) is 25.1 Å². The number of hydrogen-bond acceptors (Lipinski definition) is 7. The predicted octanol–water partition coefficient (Wildman–Crippen LogP) is 2.65. The fourth-order valence-corrected chi connectivity index (χ4v) is 4.69. The van der Waals surface area contributed by atoms with E-state index in [1.165, 1.54) is 28.6 Å². The number of nitrogens with one attached hydrogen (secondary N) is 1. The van der Waals surface area contributed by atoms with Crippen LogP contribution in [0.5, 0.6) is 0 Å². The van der Waals surface area contributed by atoms with Gasteiger partial charge in [-0.3, -0.25) is 4.57 Å². The number of ether oxygens (including phenoxy) is 1. The van der Waals surface area contributed by atoms with Crippen molar-refractivity contribution in [1.82, 2.24) is 19.5 Å². The summed E-state index contributed by atoms with van der Waals surface area (Å²) in [5.41, 5.74) is 5.98. The minimum absolute atomic E-state index is 0.0530. The summed E-state index contributed by atoms with van der Waals surface area (Å²) in [4.78, 5) is 13.4. The first-order valence-corrected chi connectivity index (χ1v) is 10.3. The van der Waals surface area contributed by atoms with Gasteiger partial charge in [-0.05, 0) is 22.3 Å². The molecule has 0 amide bonds. The highest BCUT2D eigenvalue weighted by atomic mass is 16.5. The quantitative estimate of drug-likeness (QED) is 0.471. The summed E-state index contributed by atoms with van der Waals surface area (Å²) in [6.45, 7) is -0.136. The molecular formula is C23H21N5O3. The Balaban J connectivity index is 1.40. The molecule has 1 aliphatic carbocycles. The molecule has 1 unspecified atom stereocenters. The number of rotatable bonds is 4. The Bertz CT molecular complexity index is 1230. The zero-order valence-electron chi connectivity index (χ0n) is 16.6. The minimum Gasteiger partial charge on any atom is -0.394 e. The van der Waals surface area contributed by atoms with Gasteiger partial charge in [0.25, 0.3) is 0 Å². The van der Waals surface area contributed by atoms with Crippen molar-refractivity contribution in [2.24, 2.45) is 0 Å². The second kappa shape index (κ2) is 7.12. The van der Waals surface area contributed by atoms with Gasteiger partial charge in [0.1, 0.15) is 12.4 Å². The average molecular weight is 415 g/mol. The van der Waals surface area contributed by atoms with Crippen molar-refractivity contribution in [3.63, 3.8) is 0 Å². The maximum absolute atomic E-state index is 10.4. The molecule has 6 rings (SSSR count). The highest BCUT2D eigenvalue weighted by molar-refractivity contribution is 5.85. The molecule has 4 aromatic rings. The number of hydrogen-bond donors (Lipinski definition) is 3. The molecule has 1 saturated heterocycles. The monoisotopic (exact) mass is 415 g/mol. The van der Waals surface area contributed by atoms with Gasteiger partial charge in [-0.25, -0.2) is 15.0 Å². The topological polar surface area (TPSA) is 105 Å². The highest BCUT2D eigenvalue weighted by Crippen LogP contribution is 2.45. The van der Waals surface area contributed by atoms with Gasteiger partial charge < -0.3 is 20.3 Å². The summed E-state index contributed by atoms with van der Waals surface area (Å²) < 4.78 is 7.49. The van der Waals surface area contributed by atoms with Crippen LogP contribution in [-0.2, 0) is 4.74 Å². The first-order valence-electron chi connectivity index (χ1n) is 10.3. The fraction of sp³-hybridized carbons (Fsp3) is 0.261. The smallest absolute Gasteiger partial charge is 0.167 e. The van der Waals surface area contributed by atoms with Gasteiger partial charge in [-0.15, -0.1) is 0 Å². The molecule has 8 nitrogen and oxygen atoms in total. The van der Waals surface area contributed by atoms with E-state index < -0.39 is 18.4 Å². The van der Waals surface area contributed by atoms with E-state index in [2.05, 4.69) is 56.7 Å². The van der Waals surface area contributed by atoms with Crippen LogP contribution < -0.4 is 5.32 Å². The maximum atomic E-state index is 10.4. The molecule has 3 heterocycles. The van der Waals surface area contributed by atoms with E-state index in [1.54, 1.807) is 10.9 Å². The zero-order valence-corrected chi connectivity index (χ0v) is 16.6. The molecule has 3 N–H and O–H groups in total. The van der Waals surface area contributed by atoms with Crippen LogP contribution >= 0.6 is 0 Å². The molecule has 1 fully saturated rings. The van der Waals surface area contributed by atoms with Crippen LogP contribution in [0, 0.1) is 0 Å². The molecule has 3 atom stereocenters. The number of anilines is 1. The average Bonchev–Trinajstić information content (AvgIpc) is 3.48. The zero-order chi connectivity index (χ0) is 20.9. The molecular weight excluding hydrogens is 394 g/mol. The molecule has 0 bridgehead atoms. The number of aliphatic hydroxyl groups is 2. The van der Waals surface area contributed by atoms with Crippen molar-refractivity contribution in [2.75, 3.05) is 11.9 Å². The lowest BCUT2D eigenvalue weighted by atomic mass is 10.1. The second-order valence-electron chi connectivity index (χ2n) is 7.93. The molecule has 0 spiro atoms. The molecule has 156 valence electrons. The summed E-state index contributed by atoms with van der Waals surface area (Å²) in [5.74, 6) is 0.617. The Morgan fingerprint density at radius 2 is 1.71 bits per heavy atom. The van der Waals surface area contributed by atoms with Gasteiger partial charge in [0.15, 0.2) is 23.2 Å². The Labute approximate surface area is 178 Å². The van der Waals surface area contributed by atoms with Gasteiger partial charge in [-0.1, -0.05) is 48.5 Å². The van der Waals surface area contributed by atoms with Gasteiger partial charge in [0.2, 0.25) is 0 Å². The highest BCUT2D eigenvalue weighted by Gasteiger charge is 2.36. The van der Waals surface area contributed by atoms with Crippen molar-refractivity contribution in [2.45, 2.75) is 30.9 Å². The first kappa shape index (κ1) is 18.4. The molecule has 2 aromatic carbocycles. The third kappa shape index (κ3) is 2.83. The van der Waals surface area contributed by atoms with Crippen molar-refractivity contribution in [3.8, 4) is 11.1 Å². The lowest BCUT2D eigenvalue weighted by Crippen LogP contribution is -2.19. The Kier molecular flexibility index (Phi) is 4.24. The second-order valence-corrected chi connectivity index (χ2v) is 7.93. The summed E-state index contributed by atoms with van der Waals surface area (Å²) in [6, 6.07) is 16.7. The van der Waals surface area contributed by atoms with Crippen LogP contribution in [0.25, 0.3) is 22.3 Å². The molecule has 1 aliphatic heterocycles. The van der Waals surface area contributed by atoms with Crippen molar-refractivity contribution in [1.29, 1.82) is 0 Å². The van der Waals surface area contributed by atoms with Crippen LogP contribution in [-0.4, -0.2) is 48.5 Å². The van der Waals surface area contributed by atoms with E-state index in [-0.39, 0.29) is 12.6 Å². The van der Waals surface area contributed by atoms with E-state index in [1.807, 2.05) is 12.1 Å². The summed E-state index contributed by atoms with van der Waals surface area (Å²) >= 11 is 0. The number of fused-ring (bicyclic) bond motifs is 4. The minimum atomic E-state index is -0.741. The Hall–Kier alpha value is -3.33. The number of aromatic nitrogens is 4. The first-order chi connectivity index (χ1) is 15.2. The molecule has 2 aromatic heterocycles. The number of benzene rings is 2. The van der Waals surface area contributed by atoms with Gasteiger partial charge in [0, 0.05) is 6.42 Å². The lowest BCUT2D eigenvalue weighted by molar-refractivity contribution is -0.0486. The SMILES string of the molecule is OC[C@@H]1CC(O)[C@H](n2cnc3c(NC4c5ccccc5-c5ccccc54)ncnc32)O1. The van der Waals surface area contributed by atoms with E-state index >= 15 is 0 Å². The van der Waals surface area contributed by atoms with E-state index in [0.29, 0.717) is 23.4 Å². The Morgan fingerprint density at radius 1 is 1.00 bits per heavy atom. The van der Waals surface area contributed by atoms with Crippen molar-refractivity contribution < 1.29 is 14.9 Å². The third-order valence-corrected chi connectivity index (χ3v) is 6.12. The molecule has 2 aliphatic rings.